The summed E-state index contributed by atoms with van der Waals surface area (Å²) in [7, 11) is 2.19. The summed E-state index contributed by atoms with van der Waals surface area (Å²) in [6.45, 7) is 7.46. The van der Waals surface area contributed by atoms with Crippen molar-refractivity contribution in [3.8, 4) is 6.07 Å². The van der Waals surface area contributed by atoms with E-state index < -0.39 is 5.41 Å². The van der Waals surface area contributed by atoms with E-state index in [1.165, 1.54) is 5.56 Å². The van der Waals surface area contributed by atoms with Gasteiger partial charge in [0.2, 0.25) is 0 Å². The number of nitrogens with zero attached hydrogens (tertiary/aromatic N) is 2. The van der Waals surface area contributed by atoms with Gasteiger partial charge in [-0.25, -0.2) is 0 Å². The van der Waals surface area contributed by atoms with Crippen molar-refractivity contribution in [2.75, 3.05) is 7.05 Å². The van der Waals surface area contributed by atoms with Crippen molar-refractivity contribution in [3.05, 3.63) is 70.7 Å². The predicted molar refractivity (Wildman–Crippen MR) is 115 cm³/mol. The van der Waals surface area contributed by atoms with E-state index in [4.69, 9.17) is 11.6 Å². The lowest BCUT2D eigenvalue weighted by atomic mass is 9.69. The van der Waals surface area contributed by atoms with Gasteiger partial charge < -0.3 is 0 Å². The molecule has 0 aromatic heterocycles. The molecule has 0 aliphatic heterocycles. The zero-order valence-electron chi connectivity index (χ0n) is 17.0. The lowest BCUT2D eigenvalue weighted by Crippen LogP contribution is -2.36. The Hall–Kier alpha value is -1.82. The van der Waals surface area contributed by atoms with Crippen molar-refractivity contribution in [2.45, 2.75) is 58.0 Å². The van der Waals surface area contributed by atoms with Gasteiger partial charge in [-0.1, -0.05) is 74.8 Å². The van der Waals surface area contributed by atoms with E-state index in [-0.39, 0.29) is 5.92 Å². The quantitative estimate of drug-likeness (QED) is 0.498. The molecule has 0 spiro atoms. The van der Waals surface area contributed by atoms with Crippen molar-refractivity contribution in [1.82, 2.24) is 4.90 Å². The van der Waals surface area contributed by atoms with Crippen LogP contribution in [-0.4, -0.2) is 18.0 Å². The maximum absolute atomic E-state index is 10.1. The number of benzene rings is 2. The van der Waals surface area contributed by atoms with Crippen molar-refractivity contribution >= 4 is 11.6 Å². The summed E-state index contributed by atoms with van der Waals surface area (Å²) in [6.07, 6.45) is 2.91. The Morgan fingerprint density at radius 1 is 1.07 bits per heavy atom. The Morgan fingerprint density at radius 3 is 2.22 bits per heavy atom. The van der Waals surface area contributed by atoms with E-state index in [9.17, 15) is 5.26 Å². The first kappa shape index (κ1) is 21.5. The van der Waals surface area contributed by atoms with Crippen molar-refractivity contribution in [2.24, 2.45) is 5.92 Å². The lowest BCUT2D eigenvalue weighted by molar-refractivity contribution is 0.197. The molecule has 0 bridgehead atoms. The molecule has 0 saturated heterocycles. The van der Waals surface area contributed by atoms with Crippen LogP contribution in [-0.2, 0) is 12.0 Å². The Kier molecular flexibility index (Phi) is 7.90. The summed E-state index contributed by atoms with van der Waals surface area (Å²) >= 11 is 6.06. The first-order valence-corrected chi connectivity index (χ1v) is 10.2. The van der Waals surface area contributed by atoms with Gasteiger partial charge in [-0.15, -0.1) is 0 Å². The average molecular weight is 383 g/mol. The molecule has 0 fully saturated rings. The number of halogens is 1. The molecule has 144 valence electrons. The number of hydrogen-bond acceptors (Lipinski definition) is 2. The SMILES string of the molecule is CCC(CCC(C#N)(c1ccc(Cl)cc1)C(C)C)N(C)Cc1ccccc1. The van der Waals surface area contributed by atoms with Crippen LogP contribution in [0.4, 0.5) is 0 Å². The molecule has 0 aliphatic rings. The Balaban J connectivity index is 2.14. The molecule has 0 radical (unpaired) electrons. The summed E-state index contributed by atoms with van der Waals surface area (Å²) in [4.78, 5) is 2.42. The minimum Gasteiger partial charge on any atom is -0.299 e. The van der Waals surface area contributed by atoms with Gasteiger partial charge >= 0.3 is 0 Å². The van der Waals surface area contributed by atoms with E-state index >= 15 is 0 Å². The predicted octanol–water partition coefficient (Wildman–Crippen LogP) is 6.45. The second-order valence-corrected chi connectivity index (χ2v) is 8.18. The van der Waals surface area contributed by atoms with E-state index in [0.717, 1.165) is 31.4 Å². The molecular formula is C24H31ClN2. The highest BCUT2D eigenvalue weighted by atomic mass is 35.5. The normalized spacial score (nSPS) is 14.7. The molecule has 2 rings (SSSR count). The highest BCUT2D eigenvalue weighted by Crippen LogP contribution is 2.38. The van der Waals surface area contributed by atoms with Crippen molar-refractivity contribution in [1.29, 1.82) is 5.26 Å². The molecule has 0 amide bonds. The summed E-state index contributed by atoms with van der Waals surface area (Å²) in [5, 5.41) is 10.8. The average Bonchev–Trinajstić information content (AvgIpc) is 2.67. The van der Waals surface area contributed by atoms with Gasteiger partial charge in [-0.2, -0.15) is 5.26 Å². The summed E-state index contributed by atoms with van der Waals surface area (Å²) in [5.41, 5.74) is 1.92. The number of rotatable bonds is 9. The molecule has 0 heterocycles. The maximum Gasteiger partial charge on any atom is 0.0845 e. The lowest BCUT2D eigenvalue weighted by Gasteiger charge is -2.35. The molecule has 0 N–H and O–H groups in total. The summed E-state index contributed by atoms with van der Waals surface area (Å²) in [6, 6.07) is 21.5. The Morgan fingerprint density at radius 2 is 1.70 bits per heavy atom. The minimum atomic E-state index is -0.481. The van der Waals surface area contributed by atoms with Gasteiger partial charge in [0, 0.05) is 17.6 Å². The second-order valence-electron chi connectivity index (χ2n) is 7.75. The van der Waals surface area contributed by atoms with E-state index in [2.05, 4.69) is 69.1 Å². The minimum absolute atomic E-state index is 0.237. The van der Waals surface area contributed by atoms with Gasteiger partial charge in [0.05, 0.1) is 11.5 Å². The van der Waals surface area contributed by atoms with E-state index in [1.807, 2.05) is 24.3 Å². The maximum atomic E-state index is 10.1. The Labute approximate surface area is 169 Å². The molecule has 3 heteroatoms. The van der Waals surface area contributed by atoms with Crippen LogP contribution < -0.4 is 0 Å². The van der Waals surface area contributed by atoms with E-state index in [0.29, 0.717) is 11.1 Å². The molecule has 0 saturated carbocycles. The van der Waals surface area contributed by atoms with Gasteiger partial charge in [0.25, 0.3) is 0 Å². The second kappa shape index (κ2) is 9.93. The third-order valence-corrected chi connectivity index (χ3v) is 6.04. The van der Waals surface area contributed by atoms with Crippen LogP contribution in [0.15, 0.2) is 54.6 Å². The van der Waals surface area contributed by atoms with Crippen LogP contribution in [0, 0.1) is 17.2 Å². The highest BCUT2D eigenvalue weighted by molar-refractivity contribution is 6.30. The zero-order valence-corrected chi connectivity index (χ0v) is 17.7. The zero-order chi connectivity index (χ0) is 19.9. The molecule has 2 aromatic rings. The standard InChI is InChI=1S/C24H31ClN2/c1-5-23(27(4)17-20-9-7-6-8-10-20)15-16-24(18-26,19(2)3)21-11-13-22(25)14-12-21/h6-14,19,23H,5,15-17H2,1-4H3. The molecule has 0 aliphatic carbocycles. The third-order valence-electron chi connectivity index (χ3n) is 5.79. The van der Waals surface area contributed by atoms with Gasteiger partial charge in [0.15, 0.2) is 0 Å². The highest BCUT2D eigenvalue weighted by Gasteiger charge is 2.36. The van der Waals surface area contributed by atoms with Gasteiger partial charge in [0.1, 0.15) is 0 Å². The van der Waals surface area contributed by atoms with Gasteiger partial charge in [-0.05, 0) is 55.5 Å². The number of nitriles is 1. The van der Waals surface area contributed by atoms with Crippen LogP contribution in [0.2, 0.25) is 5.02 Å². The fraction of sp³-hybridized carbons (Fsp3) is 0.458. The first-order valence-electron chi connectivity index (χ1n) is 9.84. The fourth-order valence-electron chi connectivity index (χ4n) is 3.89. The largest absolute Gasteiger partial charge is 0.299 e. The van der Waals surface area contributed by atoms with Crippen LogP contribution in [0.1, 0.15) is 51.2 Å². The smallest absolute Gasteiger partial charge is 0.0845 e. The van der Waals surface area contributed by atoms with Gasteiger partial charge in [-0.3, -0.25) is 4.90 Å². The molecule has 2 nitrogen and oxygen atoms in total. The van der Waals surface area contributed by atoms with Crippen LogP contribution in [0.5, 0.6) is 0 Å². The monoisotopic (exact) mass is 382 g/mol. The molecular weight excluding hydrogens is 352 g/mol. The van der Waals surface area contributed by atoms with Crippen LogP contribution >= 0.6 is 11.6 Å². The van der Waals surface area contributed by atoms with Crippen molar-refractivity contribution in [3.63, 3.8) is 0 Å². The van der Waals surface area contributed by atoms with Crippen LogP contribution in [0.3, 0.4) is 0 Å². The van der Waals surface area contributed by atoms with E-state index in [1.54, 1.807) is 0 Å². The molecule has 2 unspecified atom stereocenters. The summed E-state index contributed by atoms with van der Waals surface area (Å²) < 4.78 is 0. The number of hydrogen-bond donors (Lipinski definition) is 0. The molecule has 2 atom stereocenters. The summed E-state index contributed by atoms with van der Waals surface area (Å²) in [5.74, 6) is 0.237. The van der Waals surface area contributed by atoms with Crippen LogP contribution in [0.25, 0.3) is 0 Å². The fourth-order valence-corrected chi connectivity index (χ4v) is 4.02. The topological polar surface area (TPSA) is 27.0 Å². The molecule has 2 aromatic carbocycles. The first-order chi connectivity index (χ1) is 12.9. The Bertz CT molecular complexity index is 733. The third kappa shape index (κ3) is 5.34. The molecule has 27 heavy (non-hydrogen) atoms. The van der Waals surface area contributed by atoms with Crippen molar-refractivity contribution < 1.29 is 0 Å².